The van der Waals surface area contributed by atoms with Crippen molar-refractivity contribution in [3.05, 3.63) is 89.1 Å². The van der Waals surface area contributed by atoms with Crippen LogP contribution in [0.1, 0.15) is 5.56 Å². The van der Waals surface area contributed by atoms with Gasteiger partial charge in [-0.1, -0.05) is 30.3 Å². The number of benzene rings is 2. The Labute approximate surface area is 159 Å². The molecule has 3 heterocycles. The van der Waals surface area contributed by atoms with Crippen molar-refractivity contribution in [3.63, 3.8) is 0 Å². The van der Waals surface area contributed by atoms with Crippen molar-refractivity contribution in [2.24, 2.45) is 0 Å². The molecule has 7 heteroatoms. The fourth-order valence-corrected chi connectivity index (χ4v) is 3.14. The summed E-state index contributed by atoms with van der Waals surface area (Å²) in [7, 11) is 0. The molecule has 0 atom stereocenters. The number of fused-ring (bicyclic) bond motifs is 2. The third-order valence-corrected chi connectivity index (χ3v) is 4.49. The van der Waals surface area contributed by atoms with Gasteiger partial charge in [-0.2, -0.15) is 10.1 Å². The van der Waals surface area contributed by atoms with Gasteiger partial charge in [0.15, 0.2) is 0 Å². The summed E-state index contributed by atoms with van der Waals surface area (Å²) in [5.41, 5.74) is 2.40. The molecule has 7 nitrogen and oxygen atoms in total. The third kappa shape index (κ3) is 2.99. The number of hydrogen-bond acceptors (Lipinski definition) is 5. The SMILES string of the molecule is O=c1[nH]c(Oc2ccc3c(cnn3Cc3ccccc3)c2)nc2cnccc12. The van der Waals surface area contributed by atoms with E-state index in [0.717, 1.165) is 10.9 Å². The summed E-state index contributed by atoms with van der Waals surface area (Å²) in [5, 5.41) is 5.89. The lowest BCUT2D eigenvalue weighted by Gasteiger charge is -2.07. The molecular formula is C21H15N5O2. The molecule has 5 aromatic rings. The van der Waals surface area contributed by atoms with E-state index in [1.165, 1.54) is 11.8 Å². The van der Waals surface area contributed by atoms with E-state index in [9.17, 15) is 4.79 Å². The van der Waals surface area contributed by atoms with Crippen molar-refractivity contribution in [1.29, 1.82) is 0 Å². The number of H-pyrrole nitrogens is 1. The largest absolute Gasteiger partial charge is 0.426 e. The fourth-order valence-electron chi connectivity index (χ4n) is 3.14. The topological polar surface area (TPSA) is 85.7 Å². The highest BCUT2D eigenvalue weighted by atomic mass is 16.5. The number of nitrogens with one attached hydrogen (secondary N) is 1. The van der Waals surface area contributed by atoms with E-state index in [-0.39, 0.29) is 11.6 Å². The molecule has 0 amide bonds. The average molecular weight is 369 g/mol. The van der Waals surface area contributed by atoms with E-state index in [1.807, 2.05) is 41.1 Å². The van der Waals surface area contributed by atoms with Gasteiger partial charge in [-0.25, -0.2) is 0 Å². The molecule has 0 aliphatic heterocycles. The molecule has 0 fully saturated rings. The second-order valence-electron chi connectivity index (χ2n) is 6.37. The molecule has 1 N–H and O–H groups in total. The maximum absolute atomic E-state index is 12.2. The van der Waals surface area contributed by atoms with Crippen LogP contribution in [0, 0.1) is 0 Å². The number of aromatic nitrogens is 5. The summed E-state index contributed by atoms with van der Waals surface area (Å²) in [6.45, 7) is 0.692. The Balaban J connectivity index is 1.45. The second-order valence-corrected chi connectivity index (χ2v) is 6.37. The van der Waals surface area contributed by atoms with Crippen molar-refractivity contribution in [3.8, 4) is 11.8 Å². The van der Waals surface area contributed by atoms with Gasteiger partial charge in [0, 0.05) is 11.6 Å². The summed E-state index contributed by atoms with van der Waals surface area (Å²) in [6.07, 6.45) is 4.89. The molecule has 0 radical (unpaired) electrons. The summed E-state index contributed by atoms with van der Waals surface area (Å²) in [6, 6.07) is 17.6. The monoisotopic (exact) mass is 369 g/mol. The normalized spacial score (nSPS) is 11.1. The minimum absolute atomic E-state index is 0.126. The maximum Gasteiger partial charge on any atom is 0.302 e. The van der Waals surface area contributed by atoms with Crippen LogP contribution < -0.4 is 10.3 Å². The number of nitrogens with zero attached hydrogens (tertiary/aromatic N) is 4. The molecule has 0 saturated carbocycles. The van der Waals surface area contributed by atoms with E-state index in [4.69, 9.17) is 4.74 Å². The lowest BCUT2D eigenvalue weighted by Crippen LogP contribution is -2.09. The smallest absolute Gasteiger partial charge is 0.302 e. The first-order valence-electron chi connectivity index (χ1n) is 8.78. The van der Waals surface area contributed by atoms with Crippen LogP contribution in [0.15, 0.2) is 78.0 Å². The van der Waals surface area contributed by atoms with Crippen LogP contribution in [0.5, 0.6) is 11.8 Å². The number of aromatic amines is 1. The van der Waals surface area contributed by atoms with Crippen molar-refractivity contribution in [2.45, 2.75) is 6.54 Å². The van der Waals surface area contributed by atoms with E-state index in [0.29, 0.717) is 23.2 Å². The van der Waals surface area contributed by atoms with Crippen LogP contribution in [0.25, 0.3) is 21.8 Å². The molecule has 0 spiro atoms. The third-order valence-electron chi connectivity index (χ3n) is 4.49. The molecule has 5 rings (SSSR count). The Kier molecular flexibility index (Phi) is 3.83. The molecule has 3 aromatic heterocycles. The van der Waals surface area contributed by atoms with Gasteiger partial charge in [-0.15, -0.1) is 0 Å². The maximum atomic E-state index is 12.2. The van der Waals surface area contributed by atoms with Crippen molar-refractivity contribution < 1.29 is 4.74 Å². The summed E-state index contributed by atoms with van der Waals surface area (Å²) in [4.78, 5) is 23.1. The molecule has 0 aliphatic rings. The molecule has 2 aromatic carbocycles. The highest BCUT2D eigenvalue weighted by Crippen LogP contribution is 2.24. The van der Waals surface area contributed by atoms with Crippen LogP contribution in [0.2, 0.25) is 0 Å². The lowest BCUT2D eigenvalue weighted by atomic mass is 10.2. The van der Waals surface area contributed by atoms with Crippen molar-refractivity contribution in [1.82, 2.24) is 24.7 Å². The molecule has 0 bridgehead atoms. The Morgan fingerprint density at radius 1 is 1.04 bits per heavy atom. The molecule has 0 saturated heterocycles. The average Bonchev–Trinajstić information content (AvgIpc) is 3.11. The van der Waals surface area contributed by atoms with Gasteiger partial charge < -0.3 is 4.74 Å². The lowest BCUT2D eigenvalue weighted by molar-refractivity contribution is 0.443. The Morgan fingerprint density at radius 3 is 2.82 bits per heavy atom. The van der Waals surface area contributed by atoms with Crippen LogP contribution >= 0.6 is 0 Å². The minimum Gasteiger partial charge on any atom is -0.426 e. The van der Waals surface area contributed by atoms with Crippen LogP contribution in [0.3, 0.4) is 0 Å². The first kappa shape index (κ1) is 16.2. The zero-order valence-electron chi connectivity index (χ0n) is 14.7. The predicted octanol–water partition coefficient (Wildman–Crippen LogP) is 3.51. The molecule has 28 heavy (non-hydrogen) atoms. The van der Waals surface area contributed by atoms with Crippen molar-refractivity contribution >= 4 is 21.8 Å². The number of rotatable bonds is 4. The summed E-state index contributed by atoms with van der Waals surface area (Å²) < 4.78 is 7.71. The Bertz CT molecular complexity index is 1340. The predicted molar refractivity (Wildman–Crippen MR) is 106 cm³/mol. The van der Waals surface area contributed by atoms with E-state index >= 15 is 0 Å². The second kappa shape index (κ2) is 6.62. The molecular weight excluding hydrogens is 354 g/mol. The van der Waals surface area contributed by atoms with E-state index < -0.39 is 0 Å². The summed E-state index contributed by atoms with van der Waals surface area (Å²) in [5.74, 6) is 0.568. The van der Waals surface area contributed by atoms with Gasteiger partial charge >= 0.3 is 6.01 Å². The Morgan fingerprint density at radius 2 is 1.93 bits per heavy atom. The van der Waals surface area contributed by atoms with Gasteiger partial charge in [-0.05, 0) is 29.8 Å². The van der Waals surface area contributed by atoms with Gasteiger partial charge in [0.25, 0.3) is 5.56 Å². The number of pyridine rings is 1. The minimum atomic E-state index is -0.265. The zero-order chi connectivity index (χ0) is 18.9. The van der Waals surface area contributed by atoms with Gasteiger partial charge in [-0.3, -0.25) is 19.4 Å². The standard InChI is InChI=1S/C21H15N5O2/c27-20-17-8-9-22-12-18(17)24-21(25-20)28-16-6-7-19-15(10-16)11-23-26(19)13-14-4-2-1-3-5-14/h1-12H,13H2,(H,24,25,27). The highest BCUT2D eigenvalue weighted by Gasteiger charge is 2.08. The Hall–Kier alpha value is -4.00. The molecule has 0 unspecified atom stereocenters. The van der Waals surface area contributed by atoms with Crippen LogP contribution in [-0.2, 0) is 6.54 Å². The number of ether oxygens (including phenoxy) is 1. The first-order chi connectivity index (χ1) is 13.8. The fraction of sp³-hybridized carbons (Fsp3) is 0.0476. The number of hydrogen-bond donors (Lipinski definition) is 1. The quantitative estimate of drug-likeness (QED) is 0.524. The van der Waals surface area contributed by atoms with Gasteiger partial charge in [0.2, 0.25) is 0 Å². The summed E-state index contributed by atoms with van der Waals surface area (Å²) >= 11 is 0. The first-order valence-corrected chi connectivity index (χ1v) is 8.78. The highest BCUT2D eigenvalue weighted by molar-refractivity contribution is 5.80. The van der Waals surface area contributed by atoms with Crippen LogP contribution in [-0.4, -0.2) is 24.7 Å². The van der Waals surface area contributed by atoms with Crippen molar-refractivity contribution in [2.75, 3.05) is 0 Å². The van der Waals surface area contributed by atoms with Gasteiger partial charge in [0.1, 0.15) is 5.75 Å². The molecule has 0 aliphatic carbocycles. The zero-order valence-corrected chi connectivity index (χ0v) is 14.7. The molecule has 136 valence electrons. The van der Waals surface area contributed by atoms with E-state index in [2.05, 4.69) is 32.2 Å². The van der Waals surface area contributed by atoms with Crippen LogP contribution in [0.4, 0.5) is 0 Å². The van der Waals surface area contributed by atoms with Gasteiger partial charge in [0.05, 0.1) is 35.4 Å². The van der Waals surface area contributed by atoms with E-state index in [1.54, 1.807) is 18.5 Å².